The lowest BCUT2D eigenvalue weighted by molar-refractivity contribution is 0.241. The third-order valence-electron chi connectivity index (χ3n) is 3.49. The molecule has 0 fully saturated rings. The van der Waals surface area contributed by atoms with Crippen LogP contribution >= 0.6 is 23.1 Å². The number of amides is 2. The molecule has 0 spiro atoms. The molecular formula is C18H25N3OS2. The summed E-state index contributed by atoms with van der Waals surface area (Å²) in [5.74, 6) is 1.89. The molecule has 4 nitrogen and oxygen atoms in total. The molecule has 0 saturated heterocycles. The van der Waals surface area contributed by atoms with E-state index in [4.69, 9.17) is 0 Å². The fourth-order valence-corrected chi connectivity index (χ4v) is 3.70. The van der Waals surface area contributed by atoms with Gasteiger partial charge in [0.15, 0.2) is 0 Å². The Kier molecular flexibility index (Phi) is 8.12. The summed E-state index contributed by atoms with van der Waals surface area (Å²) < 4.78 is 0. The van der Waals surface area contributed by atoms with Gasteiger partial charge in [-0.25, -0.2) is 9.78 Å². The topological polar surface area (TPSA) is 54.0 Å². The summed E-state index contributed by atoms with van der Waals surface area (Å²) in [5.41, 5.74) is 3.67. The van der Waals surface area contributed by atoms with Crippen molar-refractivity contribution in [3.05, 3.63) is 51.5 Å². The third kappa shape index (κ3) is 6.93. The van der Waals surface area contributed by atoms with Crippen molar-refractivity contribution < 1.29 is 4.79 Å². The maximum Gasteiger partial charge on any atom is 0.314 e. The SMILES string of the molecule is CCc1nc(CCNC(=O)NCCSCc2ccc(C)cc2)cs1. The van der Waals surface area contributed by atoms with Gasteiger partial charge in [0.2, 0.25) is 0 Å². The Bertz CT molecular complexity index is 625. The molecule has 6 heteroatoms. The summed E-state index contributed by atoms with van der Waals surface area (Å²) in [5, 5.41) is 8.99. The Morgan fingerprint density at radius 2 is 1.96 bits per heavy atom. The van der Waals surface area contributed by atoms with E-state index in [0.717, 1.165) is 35.0 Å². The fourth-order valence-electron chi connectivity index (χ4n) is 2.10. The molecule has 2 aromatic rings. The zero-order valence-corrected chi connectivity index (χ0v) is 15.9. The highest BCUT2D eigenvalue weighted by atomic mass is 32.2. The minimum atomic E-state index is -0.100. The Morgan fingerprint density at radius 1 is 1.21 bits per heavy atom. The Morgan fingerprint density at radius 3 is 2.67 bits per heavy atom. The summed E-state index contributed by atoms with van der Waals surface area (Å²) >= 11 is 3.51. The molecule has 0 atom stereocenters. The van der Waals surface area contributed by atoms with E-state index in [1.165, 1.54) is 11.1 Å². The molecule has 1 heterocycles. The van der Waals surface area contributed by atoms with Crippen LogP contribution in [0.3, 0.4) is 0 Å². The van der Waals surface area contributed by atoms with Crippen molar-refractivity contribution >= 4 is 29.1 Å². The van der Waals surface area contributed by atoms with Gasteiger partial charge in [-0.3, -0.25) is 0 Å². The van der Waals surface area contributed by atoms with Crippen LogP contribution in [0.25, 0.3) is 0 Å². The number of hydrogen-bond donors (Lipinski definition) is 2. The number of rotatable bonds is 9. The molecule has 1 aromatic carbocycles. The van der Waals surface area contributed by atoms with Crippen LogP contribution in [0.1, 0.15) is 28.8 Å². The molecule has 130 valence electrons. The van der Waals surface area contributed by atoms with Crippen LogP contribution in [-0.4, -0.2) is 29.9 Å². The number of aromatic nitrogens is 1. The second-order valence-electron chi connectivity index (χ2n) is 5.56. The number of benzene rings is 1. The first-order chi connectivity index (χ1) is 11.7. The second kappa shape index (κ2) is 10.4. The van der Waals surface area contributed by atoms with Gasteiger partial charge in [-0.1, -0.05) is 36.8 Å². The number of hydrogen-bond acceptors (Lipinski definition) is 4. The van der Waals surface area contributed by atoms with Crippen molar-refractivity contribution in [1.29, 1.82) is 0 Å². The van der Waals surface area contributed by atoms with Gasteiger partial charge in [0.25, 0.3) is 0 Å². The highest BCUT2D eigenvalue weighted by molar-refractivity contribution is 7.98. The molecule has 0 unspecified atom stereocenters. The molecule has 0 aliphatic heterocycles. The van der Waals surface area contributed by atoms with E-state index >= 15 is 0 Å². The monoisotopic (exact) mass is 363 g/mol. The fraction of sp³-hybridized carbons (Fsp3) is 0.444. The molecule has 2 rings (SSSR count). The predicted molar refractivity (Wildman–Crippen MR) is 104 cm³/mol. The van der Waals surface area contributed by atoms with Crippen LogP contribution in [0.2, 0.25) is 0 Å². The van der Waals surface area contributed by atoms with Gasteiger partial charge in [0.1, 0.15) is 0 Å². The molecule has 0 radical (unpaired) electrons. The van der Waals surface area contributed by atoms with Gasteiger partial charge < -0.3 is 10.6 Å². The minimum Gasteiger partial charge on any atom is -0.338 e. The van der Waals surface area contributed by atoms with Crippen molar-refractivity contribution in [2.75, 3.05) is 18.8 Å². The van der Waals surface area contributed by atoms with Gasteiger partial charge in [-0.15, -0.1) is 11.3 Å². The minimum absolute atomic E-state index is 0.100. The number of thiazole rings is 1. The smallest absolute Gasteiger partial charge is 0.314 e. The predicted octanol–water partition coefficient (Wildman–Crippen LogP) is 3.79. The summed E-state index contributed by atoms with van der Waals surface area (Å²) in [4.78, 5) is 16.2. The number of nitrogens with zero attached hydrogens (tertiary/aromatic N) is 1. The summed E-state index contributed by atoms with van der Waals surface area (Å²) in [6.45, 7) is 5.50. The maximum absolute atomic E-state index is 11.7. The van der Waals surface area contributed by atoms with E-state index < -0.39 is 0 Å². The van der Waals surface area contributed by atoms with Crippen LogP contribution in [0.15, 0.2) is 29.6 Å². The molecule has 0 bridgehead atoms. The van der Waals surface area contributed by atoms with Crippen LogP contribution in [-0.2, 0) is 18.6 Å². The van der Waals surface area contributed by atoms with E-state index in [2.05, 4.69) is 59.1 Å². The number of thioether (sulfide) groups is 1. The molecule has 2 amide bonds. The summed E-state index contributed by atoms with van der Waals surface area (Å²) in [7, 11) is 0. The quantitative estimate of drug-likeness (QED) is 0.667. The largest absolute Gasteiger partial charge is 0.338 e. The Balaban J connectivity index is 1.51. The number of carbonyl (C=O) groups excluding carboxylic acids is 1. The van der Waals surface area contributed by atoms with E-state index in [-0.39, 0.29) is 6.03 Å². The Labute approximate surface area is 152 Å². The van der Waals surface area contributed by atoms with Crippen LogP contribution in [0.4, 0.5) is 4.79 Å². The lowest BCUT2D eigenvalue weighted by Crippen LogP contribution is -2.37. The van der Waals surface area contributed by atoms with E-state index in [0.29, 0.717) is 13.1 Å². The lowest BCUT2D eigenvalue weighted by Gasteiger charge is -2.07. The van der Waals surface area contributed by atoms with Gasteiger partial charge in [0, 0.05) is 36.4 Å². The first-order valence-corrected chi connectivity index (χ1v) is 10.3. The van der Waals surface area contributed by atoms with E-state index in [1.54, 1.807) is 11.3 Å². The van der Waals surface area contributed by atoms with E-state index in [9.17, 15) is 4.79 Å². The van der Waals surface area contributed by atoms with Crippen LogP contribution in [0, 0.1) is 6.92 Å². The normalized spacial score (nSPS) is 10.6. The maximum atomic E-state index is 11.7. The van der Waals surface area contributed by atoms with Gasteiger partial charge in [0.05, 0.1) is 10.7 Å². The van der Waals surface area contributed by atoms with Crippen LogP contribution in [0.5, 0.6) is 0 Å². The van der Waals surface area contributed by atoms with Crippen molar-refractivity contribution in [1.82, 2.24) is 15.6 Å². The van der Waals surface area contributed by atoms with Crippen molar-refractivity contribution in [3.8, 4) is 0 Å². The summed E-state index contributed by atoms with van der Waals surface area (Å²) in [6.07, 6.45) is 1.75. The standard InChI is InChI=1S/C18H25N3OS2/c1-3-17-21-16(13-24-17)8-9-19-18(22)20-10-11-23-12-15-6-4-14(2)5-7-15/h4-7,13H,3,8-12H2,1-2H3,(H2,19,20,22). The number of nitrogens with one attached hydrogen (secondary N) is 2. The van der Waals surface area contributed by atoms with Gasteiger partial charge >= 0.3 is 6.03 Å². The molecule has 0 saturated carbocycles. The molecular weight excluding hydrogens is 338 g/mol. The third-order valence-corrected chi connectivity index (χ3v) is 5.56. The number of urea groups is 1. The molecule has 1 aromatic heterocycles. The second-order valence-corrected chi connectivity index (χ2v) is 7.60. The lowest BCUT2D eigenvalue weighted by atomic mass is 10.2. The Hall–Kier alpha value is -1.53. The van der Waals surface area contributed by atoms with Gasteiger partial charge in [-0.05, 0) is 18.9 Å². The van der Waals surface area contributed by atoms with Crippen LogP contribution < -0.4 is 10.6 Å². The van der Waals surface area contributed by atoms with Crippen molar-refractivity contribution in [3.63, 3.8) is 0 Å². The first-order valence-electron chi connectivity index (χ1n) is 8.25. The zero-order valence-electron chi connectivity index (χ0n) is 14.3. The van der Waals surface area contributed by atoms with Gasteiger partial charge in [-0.2, -0.15) is 11.8 Å². The molecule has 0 aliphatic rings. The first kappa shape index (κ1) is 18.8. The molecule has 0 aliphatic carbocycles. The average Bonchev–Trinajstić information content (AvgIpc) is 3.04. The molecule has 24 heavy (non-hydrogen) atoms. The average molecular weight is 364 g/mol. The molecule has 2 N–H and O–H groups in total. The van der Waals surface area contributed by atoms with Crippen molar-refractivity contribution in [2.24, 2.45) is 0 Å². The highest BCUT2D eigenvalue weighted by Gasteiger charge is 2.02. The highest BCUT2D eigenvalue weighted by Crippen LogP contribution is 2.12. The van der Waals surface area contributed by atoms with Crippen molar-refractivity contribution in [2.45, 2.75) is 32.4 Å². The number of aryl methyl sites for hydroxylation is 2. The van der Waals surface area contributed by atoms with E-state index in [1.807, 2.05) is 11.8 Å². The summed E-state index contributed by atoms with van der Waals surface area (Å²) in [6, 6.07) is 8.48. The number of carbonyl (C=O) groups is 1. The zero-order chi connectivity index (χ0) is 17.2.